The third kappa shape index (κ3) is 4.08. The van der Waals surface area contributed by atoms with Gasteiger partial charge in [0.15, 0.2) is 11.5 Å². The fraction of sp³-hybridized carbons (Fsp3) is 0.176. The zero-order chi connectivity index (χ0) is 19.6. The lowest BCUT2D eigenvalue weighted by Crippen LogP contribution is -2.30. The minimum Gasteiger partial charge on any atom is -0.493 e. The normalized spacial score (nSPS) is 11.5. The summed E-state index contributed by atoms with van der Waals surface area (Å²) in [5, 5.41) is 12.6. The zero-order valence-corrected chi connectivity index (χ0v) is 15.5. The Morgan fingerprint density at radius 3 is 2.22 bits per heavy atom. The molecule has 1 heterocycles. The van der Waals surface area contributed by atoms with E-state index in [-0.39, 0.29) is 12.1 Å². The van der Waals surface area contributed by atoms with Gasteiger partial charge in [-0.1, -0.05) is 24.3 Å². The first-order valence-corrected chi connectivity index (χ1v) is 9.38. The predicted molar refractivity (Wildman–Crippen MR) is 101 cm³/mol. The topological polar surface area (TPSA) is 136 Å². The molecule has 142 valence electrons. The molecule has 0 atom stereocenters. The Morgan fingerprint density at radius 2 is 1.67 bits per heavy atom. The van der Waals surface area contributed by atoms with Gasteiger partial charge in [0.05, 0.1) is 25.3 Å². The molecular formula is C17H18N4O5S. The monoisotopic (exact) mass is 390 g/mol. The summed E-state index contributed by atoms with van der Waals surface area (Å²) in [5.74, 6) is 0.921. The molecule has 0 radical (unpaired) electrons. The molecule has 0 amide bonds. The first kappa shape index (κ1) is 18.8. The molecule has 0 aliphatic heterocycles. The van der Waals surface area contributed by atoms with Crippen molar-refractivity contribution in [3.8, 4) is 22.8 Å². The molecule has 27 heavy (non-hydrogen) atoms. The van der Waals surface area contributed by atoms with Gasteiger partial charge in [0.1, 0.15) is 0 Å². The van der Waals surface area contributed by atoms with Gasteiger partial charge in [-0.3, -0.25) is 4.79 Å². The lowest BCUT2D eigenvalue weighted by molar-refractivity contribution is 0.356. The van der Waals surface area contributed by atoms with Crippen LogP contribution in [0.2, 0.25) is 0 Å². The molecule has 10 heteroatoms. The molecule has 0 aliphatic carbocycles. The summed E-state index contributed by atoms with van der Waals surface area (Å²) in [6, 6.07) is 10.3. The maximum atomic E-state index is 12.2. The summed E-state index contributed by atoms with van der Waals surface area (Å²) >= 11 is 0. The number of benzene rings is 2. The van der Waals surface area contributed by atoms with E-state index >= 15 is 0 Å². The lowest BCUT2D eigenvalue weighted by atomic mass is 10.0. The van der Waals surface area contributed by atoms with Crippen LogP contribution in [0, 0.1) is 0 Å². The van der Waals surface area contributed by atoms with Crippen LogP contribution in [0.4, 0.5) is 0 Å². The van der Waals surface area contributed by atoms with Gasteiger partial charge in [0.2, 0.25) is 0 Å². The minimum atomic E-state index is -3.76. The van der Waals surface area contributed by atoms with Gasteiger partial charge in [0.25, 0.3) is 15.8 Å². The number of hydrogen-bond donors (Lipinski definition) is 3. The Hall–Kier alpha value is -2.95. The molecule has 2 aromatic carbocycles. The average Bonchev–Trinajstić information content (AvgIpc) is 2.65. The number of fused-ring (bicyclic) bond motifs is 1. The van der Waals surface area contributed by atoms with Crippen molar-refractivity contribution in [1.29, 1.82) is 0 Å². The number of rotatable bonds is 6. The smallest absolute Gasteiger partial charge is 0.274 e. The molecule has 0 fully saturated rings. The van der Waals surface area contributed by atoms with Crippen molar-refractivity contribution >= 4 is 21.0 Å². The lowest BCUT2D eigenvalue weighted by Gasteiger charge is -2.11. The molecule has 0 spiro atoms. The van der Waals surface area contributed by atoms with Crippen LogP contribution >= 0.6 is 0 Å². The zero-order valence-electron chi connectivity index (χ0n) is 14.6. The Morgan fingerprint density at radius 1 is 1.07 bits per heavy atom. The summed E-state index contributed by atoms with van der Waals surface area (Å²) in [4.78, 5) is 12.2. The van der Waals surface area contributed by atoms with Gasteiger partial charge in [-0.25, -0.2) is 10.2 Å². The van der Waals surface area contributed by atoms with E-state index in [1.54, 1.807) is 36.4 Å². The first-order chi connectivity index (χ1) is 12.8. The quantitative estimate of drug-likeness (QED) is 0.572. The van der Waals surface area contributed by atoms with Gasteiger partial charge < -0.3 is 9.47 Å². The Kier molecular flexibility index (Phi) is 5.13. The molecule has 4 N–H and O–H groups in total. The number of ether oxygens (including phenoxy) is 2. The van der Waals surface area contributed by atoms with Crippen molar-refractivity contribution in [3.05, 3.63) is 52.3 Å². The number of aromatic amines is 1. The molecule has 1 aromatic heterocycles. The van der Waals surface area contributed by atoms with Crippen LogP contribution in [0.15, 0.2) is 41.2 Å². The van der Waals surface area contributed by atoms with E-state index < -0.39 is 10.2 Å². The van der Waals surface area contributed by atoms with Crippen LogP contribution in [-0.4, -0.2) is 32.8 Å². The molecule has 3 aromatic rings. The summed E-state index contributed by atoms with van der Waals surface area (Å²) in [7, 11) is -0.755. The SMILES string of the molecule is COc1cc2c(-c3ccc(CNS(N)(=O)=O)cc3)n[nH]c(=O)c2cc1OC. The van der Waals surface area contributed by atoms with E-state index in [9.17, 15) is 13.2 Å². The van der Waals surface area contributed by atoms with Crippen molar-refractivity contribution in [3.63, 3.8) is 0 Å². The van der Waals surface area contributed by atoms with Crippen LogP contribution in [-0.2, 0) is 16.8 Å². The van der Waals surface area contributed by atoms with E-state index in [1.807, 2.05) is 0 Å². The second kappa shape index (κ2) is 7.35. The highest BCUT2D eigenvalue weighted by atomic mass is 32.2. The summed E-state index contributed by atoms with van der Waals surface area (Å²) < 4.78 is 34.8. The maximum absolute atomic E-state index is 12.2. The van der Waals surface area contributed by atoms with E-state index in [0.717, 1.165) is 11.1 Å². The van der Waals surface area contributed by atoms with Crippen molar-refractivity contribution < 1.29 is 17.9 Å². The minimum absolute atomic E-state index is 0.0733. The largest absolute Gasteiger partial charge is 0.493 e. The van der Waals surface area contributed by atoms with Gasteiger partial charge in [-0.05, 0) is 17.7 Å². The highest BCUT2D eigenvalue weighted by molar-refractivity contribution is 7.87. The number of nitrogens with zero attached hydrogens (tertiary/aromatic N) is 1. The molecule has 0 bridgehead atoms. The van der Waals surface area contributed by atoms with Crippen molar-refractivity contribution in [2.24, 2.45) is 5.14 Å². The Balaban J connectivity index is 2.06. The predicted octanol–water partition coefficient (Wildman–Crippen LogP) is 0.900. The molecule has 0 aliphatic rings. The Bertz CT molecular complexity index is 1140. The second-order valence-corrected chi connectivity index (χ2v) is 7.10. The van der Waals surface area contributed by atoms with Crippen LogP contribution < -0.4 is 24.9 Å². The molecule has 0 unspecified atom stereocenters. The summed E-state index contributed by atoms with van der Waals surface area (Å²) in [6.07, 6.45) is 0. The third-order valence-electron chi connectivity index (χ3n) is 4.00. The molecule has 9 nitrogen and oxygen atoms in total. The number of aromatic nitrogens is 2. The number of hydrogen-bond acceptors (Lipinski definition) is 6. The Labute approximate surface area is 155 Å². The fourth-order valence-electron chi connectivity index (χ4n) is 2.67. The highest BCUT2D eigenvalue weighted by Gasteiger charge is 2.14. The number of nitrogens with two attached hydrogens (primary N) is 1. The fourth-order valence-corrected chi connectivity index (χ4v) is 3.04. The summed E-state index contributed by atoms with van der Waals surface area (Å²) in [6.45, 7) is 0.0733. The number of methoxy groups -OCH3 is 2. The average molecular weight is 390 g/mol. The van der Waals surface area contributed by atoms with Crippen LogP contribution in [0.25, 0.3) is 22.0 Å². The third-order valence-corrected chi connectivity index (χ3v) is 4.54. The van der Waals surface area contributed by atoms with Gasteiger partial charge in [-0.2, -0.15) is 18.2 Å². The molecule has 0 saturated carbocycles. The highest BCUT2D eigenvalue weighted by Crippen LogP contribution is 2.34. The second-order valence-electron chi connectivity index (χ2n) is 5.72. The standard InChI is InChI=1S/C17H18N4O5S/c1-25-14-7-12-13(8-15(14)26-2)17(22)21-20-16(12)11-5-3-10(4-6-11)9-19-27(18,23)24/h3-8,19H,9H2,1-2H3,(H,21,22)(H2,18,23,24). The van der Waals surface area contributed by atoms with Crippen LogP contribution in [0.5, 0.6) is 11.5 Å². The van der Waals surface area contributed by atoms with Crippen molar-refractivity contribution in [1.82, 2.24) is 14.9 Å². The number of nitrogens with one attached hydrogen (secondary N) is 2. The van der Waals surface area contributed by atoms with Gasteiger partial charge in [-0.15, -0.1) is 0 Å². The maximum Gasteiger partial charge on any atom is 0.274 e. The van der Waals surface area contributed by atoms with Gasteiger partial charge >= 0.3 is 0 Å². The van der Waals surface area contributed by atoms with E-state index in [0.29, 0.717) is 28.0 Å². The van der Waals surface area contributed by atoms with E-state index in [2.05, 4.69) is 14.9 Å². The van der Waals surface area contributed by atoms with Crippen molar-refractivity contribution in [2.45, 2.75) is 6.54 Å². The summed E-state index contributed by atoms with van der Waals surface area (Å²) in [5.41, 5.74) is 1.67. The number of H-pyrrole nitrogens is 1. The molecule has 0 saturated heterocycles. The van der Waals surface area contributed by atoms with Gasteiger partial charge in [0, 0.05) is 17.5 Å². The molecule has 3 rings (SSSR count). The van der Waals surface area contributed by atoms with E-state index in [4.69, 9.17) is 14.6 Å². The van der Waals surface area contributed by atoms with Crippen molar-refractivity contribution in [2.75, 3.05) is 14.2 Å². The van der Waals surface area contributed by atoms with Crippen LogP contribution in [0.3, 0.4) is 0 Å². The first-order valence-electron chi connectivity index (χ1n) is 7.83. The van der Waals surface area contributed by atoms with Crippen LogP contribution in [0.1, 0.15) is 5.56 Å². The van der Waals surface area contributed by atoms with E-state index in [1.165, 1.54) is 14.2 Å². The molecular weight excluding hydrogens is 372 g/mol.